The number of phosphoric acid groups is 1. The van der Waals surface area contributed by atoms with Gasteiger partial charge in [-0.3, -0.25) is 9.79 Å². The highest BCUT2D eigenvalue weighted by atomic mass is 31.2. The first kappa shape index (κ1) is 16.4. The van der Waals surface area contributed by atoms with Gasteiger partial charge in [-0.15, -0.1) is 0 Å². The normalized spacial score (nSPS) is 19.3. The molecule has 1 aliphatic rings. The average molecular weight is 339 g/mol. The Balaban J connectivity index is 1.88. The van der Waals surface area contributed by atoms with Crippen molar-refractivity contribution in [1.82, 2.24) is 4.90 Å². The molecule has 124 valence electrons. The van der Waals surface area contributed by atoms with Crippen molar-refractivity contribution < 1.29 is 23.3 Å². The Kier molecular flexibility index (Phi) is 4.69. The summed E-state index contributed by atoms with van der Waals surface area (Å²) in [5, 5.41) is 1.56. The standard InChI is InChI=1S/C16H19FNO4P/c17-14-8-10-18(11-14)9-7-13-4-1-3-12-5-2-6-15(16(12)13)22-23(19,20)21/h1-6,14H,7-11H2,(H2,19,20,21)/t14-/m0/s1. The molecule has 2 N–H and O–H groups in total. The van der Waals surface area contributed by atoms with E-state index in [2.05, 4.69) is 4.90 Å². The third-order valence-corrected chi connectivity index (χ3v) is 4.52. The molecule has 0 unspecified atom stereocenters. The monoisotopic (exact) mass is 339 g/mol. The first-order chi connectivity index (χ1) is 10.9. The third kappa shape index (κ3) is 4.09. The Morgan fingerprint density at radius 2 is 2.00 bits per heavy atom. The van der Waals surface area contributed by atoms with Crippen molar-refractivity contribution in [3.05, 3.63) is 42.0 Å². The highest BCUT2D eigenvalue weighted by Gasteiger charge is 2.22. The fourth-order valence-electron chi connectivity index (χ4n) is 3.06. The van der Waals surface area contributed by atoms with Crippen molar-refractivity contribution in [1.29, 1.82) is 0 Å². The van der Waals surface area contributed by atoms with E-state index in [9.17, 15) is 8.96 Å². The fourth-order valence-corrected chi connectivity index (χ4v) is 3.47. The van der Waals surface area contributed by atoms with Crippen LogP contribution in [0.25, 0.3) is 10.8 Å². The molecule has 0 radical (unpaired) electrons. The van der Waals surface area contributed by atoms with Gasteiger partial charge in [0.15, 0.2) is 0 Å². The number of alkyl halides is 1. The molecule has 5 nitrogen and oxygen atoms in total. The molecule has 1 heterocycles. The largest absolute Gasteiger partial charge is 0.524 e. The zero-order valence-electron chi connectivity index (χ0n) is 12.6. The Labute approximate surface area is 133 Å². The molecule has 2 aromatic rings. The van der Waals surface area contributed by atoms with Crippen LogP contribution in [0.5, 0.6) is 5.75 Å². The topological polar surface area (TPSA) is 70.0 Å². The van der Waals surface area contributed by atoms with Crippen LogP contribution in [0.2, 0.25) is 0 Å². The van der Waals surface area contributed by atoms with Crippen molar-refractivity contribution in [2.24, 2.45) is 0 Å². The molecule has 1 atom stereocenters. The first-order valence-electron chi connectivity index (χ1n) is 7.54. The quantitative estimate of drug-likeness (QED) is 0.820. The number of hydrogen-bond acceptors (Lipinski definition) is 3. The van der Waals surface area contributed by atoms with E-state index < -0.39 is 14.0 Å². The molecule has 1 fully saturated rings. The second kappa shape index (κ2) is 6.57. The minimum Gasteiger partial charge on any atom is -0.404 e. The van der Waals surface area contributed by atoms with E-state index in [-0.39, 0.29) is 5.75 Å². The van der Waals surface area contributed by atoms with Crippen LogP contribution in [0, 0.1) is 0 Å². The molecule has 1 aliphatic heterocycles. The van der Waals surface area contributed by atoms with E-state index in [0.717, 1.165) is 17.5 Å². The molecule has 0 aromatic heterocycles. The van der Waals surface area contributed by atoms with Crippen LogP contribution in [0.15, 0.2) is 36.4 Å². The molecule has 3 rings (SSSR count). The molecule has 2 aromatic carbocycles. The van der Waals surface area contributed by atoms with E-state index in [1.54, 1.807) is 12.1 Å². The summed E-state index contributed by atoms with van der Waals surface area (Å²) in [7, 11) is -4.62. The smallest absolute Gasteiger partial charge is 0.404 e. The van der Waals surface area contributed by atoms with Gasteiger partial charge in [0, 0.05) is 25.0 Å². The van der Waals surface area contributed by atoms with E-state index >= 15 is 0 Å². The lowest BCUT2D eigenvalue weighted by atomic mass is 10.0. The lowest BCUT2D eigenvalue weighted by Crippen LogP contribution is -2.23. The maximum Gasteiger partial charge on any atom is 0.524 e. The summed E-state index contributed by atoms with van der Waals surface area (Å²) in [6, 6.07) is 10.8. The molecule has 7 heteroatoms. The number of fused-ring (bicyclic) bond motifs is 1. The molecule has 0 spiro atoms. The Hall–Kier alpha value is -1.46. The molecular formula is C16H19FNO4P. The van der Waals surface area contributed by atoms with Gasteiger partial charge in [-0.05, 0) is 29.9 Å². The maximum atomic E-state index is 13.3. The number of nitrogens with zero attached hydrogens (tertiary/aromatic N) is 1. The van der Waals surface area contributed by atoms with E-state index in [0.29, 0.717) is 31.3 Å². The van der Waals surface area contributed by atoms with Gasteiger partial charge in [-0.2, -0.15) is 0 Å². The summed E-state index contributed by atoms with van der Waals surface area (Å²) in [5.41, 5.74) is 0.939. The van der Waals surface area contributed by atoms with Crippen LogP contribution in [0.3, 0.4) is 0 Å². The van der Waals surface area contributed by atoms with E-state index in [4.69, 9.17) is 14.3 Å². The zero-order chi connectivity index (χ0) is 16.4. The predicted molar refractivity (Wildman–Crippen MR) is 86.3 cm³/mol. The van der Waals surface area contributed by atoms with Crippen molar-refractivity contribution in [2.45, 2.75) is 19.0 Å². The molecule has 23 heavy (non-hydrogen) atoms. The number of rotatable bonds is 5. The molecule has 0 aliphatic carbocycles. The number of likely N-dealkylation sites (tertiary alicyclic amines) is 1. The Morgan fingerprint density at radius 3 is 2.65 bits per heavy atom. The highest BCUT2D eigenvalue weighted by molar-refractivity contribution is 7.46. The third-order valence-electron chi connectivity index (χ3n) is 4.08. The van der Waals surface area contributed by atoms with Crippen LogP contribution in [-0.4, -0.2) is 40.5 Å². The first-order valence-corrected chi connectivity index (χ1v) is 9.07. The summed E-state index contributed by atoms with van der Waals surface area (Å²) < 4.78 is 29.3. The number of halogens is 1. The molecule has 1 saturated heterocycles. The zero-order valence-corrected chi connectivity index (χ0v) is 13.5. The van der Waals surface area contributed by atoms with Gasteiger partial charge in [0.2, 0.25) is 0 Å². The Bertz CT molecular complexity index is 743. The van der Waals surface area contributed by atoms with Crippen LogP contribution in [0.4, 0.5) is 4.39 Å². The highest BCUT2D eigenvalue weighted by Crippen LogP contribution is 2.41. The minimum atomic E-state index is -4.62. The van der Waals surface area contributed by atoms with E-state index in [1.165, 1.54) is 0 Å². The van der Waals surface area contributed by atoms with Gasteiger partial charge in [0.25, 0.3) is 0 Å². The summed E-state index contributed by atoms with van der Waals surface area (Å²) >= 11 is 0. The van der Waals surface area contributed by atoms with Crippen LogP contribution in [0.1, 0.15) is 12.0 Å². The minimum absolute atomic E-state index is 0.177. The number of benzene rings is 2. The predicted octanol–water partition coefficient (Wildman–Crippen LogP) is 2.90. The SMILES string of the molecule is O=P(O)(O)Oc1cccc2cccc(CCN3CC[C@H](F)C3)c12. The van der Waals surface area contributed by atoms with Gasteiger partial charge in [0.1, 0.15) is 11.9 Å². The average Bonchev–Trinajstić information content (AvgIpc) is 2.89. The summed E-state index contributed by atoms with van der Waals surface area (Å²) in [4.78, 5) is 20.2. The lowest BCUT2D eigenvalue weighted by Gasteiger charge is -2.17. The summed E-state index contributed by atoms with van der Waals surface area (Å²) in [5.74, 6) is 0.177. The Morgan fingerprint density at radius 1 is 1.26 bits per heavy atom. The molecular weight excluding hydrogens is 320 g/mol. The van der Waals surface area contributed by atoms with Gasteiger partial charge >= 0.3 is 7.82 Å². The van der Waals surface area contributed by atoms with Crippen molar-refractivity contribution in [3.8, 4) is 5.75 Å². The van der Waals surface area contributed by atoms with Gasteiger partial charge < -0.3 is 9.42 Å². The van der Waals surface area contributed by atoms with Crippen molar-refractivity contribution in [2.75, 3.05) is 19.6 Å². The van der Waals surface area contributed by atoms with Crippen molar-refractivity contribution in [3.63, 3.8) is 0 Å². The molecule has 0 bridgehead atoms. The summed E-state index contributed by atoms with van der Waals surface area (Å²) in [6.07, 6.45) is 0.490. The van der Waals surface area contributed by atoms with Gasteiger partial charge in [-0.1, -0.05) is 30.3 Å². The molecule has 0 saturated carbocycles. The second-order valence-corrected chi connectivity index (χ2v) is 6.95. The molecule has 0 amide bonds. The van der Waals surface area contributed by atoms with Crippen LogP contribution >= 0.6 is 7.82 Å². The van der Waals surface area contributed by atoms with E-state index in [1.807, 2.05) is 24.3 Å². The lowest BCUT2D eigenvalue weighted by molar-refractivity contribution is 0.284. The van der Waals surface area contributed by atoms with Crippen LogP contribution < -0.4 is 4.52 Å². The van der Waals surface area contributed by atoms with Gasteiger partial charge in [-0.25, -0.2) is 8.96 Å². The number of hydrogen-bond donors (Lipinski definition) is 2. The maximum absolute atomic E-state index is 13.3. The van der Waals surface area contributed by atoms with Crippen LogP contribution in [-0.2, 0) is 11.0 Å². The fraction of sp³-hybridized carbons (Fsp3) is 0.375. The summed E-state index contributed by atoms with van der Waals surface area (Å²) in [6.45, 7) is 1.91. The number of phosphoric ester groups is 1. The van der Waals surface area contributed by atoms with Gasteiger partial charge in [0.05, 0.1) is 0 Å². The second-order valence-electron chi connectivity index (χ2n) is 5.79. The van der Waals surface area contributed by atoms with Crippen molar-refractivity contribution >= 4 is 18.6 Å².